The van der Waals surface area contributed by atoms with E-state index in [1.165, 1.54) is 0 Å². The number of benzene rings is 10. The van der Waals surface area contributed by atoms with Crippen LogP contribution in [0.3, 0.4) is 0 Å². The van der Waals surface area contributed by atoms with E-state index in [1.807, 2.05) is 133 Å². The SMILES string of the molecule is O=C(Nc1cccc(-c2cccc(NC(=O)c3ccc(-c4c5nc(c(-c6ccccc6)c6ccc([nH]6)c(-c6ccccc6)c6nc(c(-c7ccccc7)c7ccc4[nH]7)C=C6)C=C5)cc3)c2)c1)c1ccc(-c2c3nc(c(-c4ccccc4)c4ccc([nH]4)c(-c4ccccc4)c4nc(c(-c5ccccc5)c5ccc2[nH]5)C=C4)C=C3)cc1. The number of nitrogens with one attached hydrogen (secondary N) is 6. The zero-order valence-corrected chi connectivity index (χ0v) is 61.4. The van der Waals surface area contributed by atoms with E-state index in [9.17, 15) is 9.59 Å². The summed E-state index contributed by atoms with van der Waals surface area (Å²) < 4.78 is 0. The Morgan fingerprint density at radius 2 is 0.377 bits per heavy atom. The number of carbonyl (C=O) groups excluding carboxylic acids is 2. The first-order valence-corrected chi connectivity index (χ1v) is 38.0. The highest BCUT2D eigenvalue weighted by atomic mass is 16.2. The lowest BCUT2D eigenvalue weighted by Gasteiger charge is -2.11. The molecule has 0 saturated heterocycles. The third-order valence-corrected chi connectivity index (χ3v) is 21.3. The van der Waals surface area contributed by atoms with E-state index < -0.39 is 0 Å². The second-order valence-electron chi connectivity index (χ2n) is 28.4. The fraction of sp³-hybridized carbons (Fsp3) is 0. The molecule has 6 aromatic heterocycles. The second kappa shape index (κ2) is 29.1. The van der Waals surface area contributed by atoms with Crippen LogP contribution in [0.25, 0.3) is 193 Å². The minimum absolute atomic E-state index is 0.273. The minimum atomic E-state index is -0.273. The van der Waals surface area contributed by atoms with Crippen LogP contribution in [0.1, 0.15) is 66.3 Å². The van der Waals surface area contributed by atoms with Gasteiger partial charge in [0.25, 0.3) is 11.8 Å². The van der Waals surface area contributed by atoms with Crippen molar-refractivity contribution in [3.05, 3.63) is 384 Å². The molecule has 0 saturated carbocycles. The molecule has 114 heavy (non-hydrogen) atoms. The van der Waals surface area contributed by atoms with Gasteiger partial charge < -0.3 is 30.6 Å². The molecule has 20 rings (SSSR count). The van der Waals surface area contributed by atoms with Crippen LogP contribution in [0.5, 0.6) is 0 Å². The summed E-state index contributed by atoms with van der Waals surface area (Å²) >= 11 is 0. The van der Waals surface area contributed by atoms with Gasteiger partial charge in [-0.1, -0.05) is 231 Å². The summed E-state index contributed by atoms with van der Waals surface area (Å²) in [6.07, 6.45) is 16.8. The number of fused-ring (bicyclic) bond motifs is 16. The summed E-state index contributed by atoms with van der Waals surface area (Å²) in [5, 5.41) is 6.35. The molecule has 12 heteroatoms. The summed E-state index contributed by atoms with van der Waals surface area (Å²) in [4.78, 5) is 66.1. The molecule has 10 aromatic carbocycles. The molecule has 16 aromatic rings. The van der Waals surface area contributed by atoms with E-state index in [-0.39, 0.29) is 11.8 Å². The van der Waals surface area contributed by atoms with Gasteiger partial charge in [0, 0.05) is 111 Å². The standard InChI is InChI=1S/C102H68N10O2/c113-101(71-41-37-69(38-42-71)99-89-57-53-85(109-89)95(65-25-11-3-12-26-65)81-49-45-77(105-81)93(63-21-7-1-8-22-63)78-46-50-82(106-78)96(66-27-13-4-14-28-66)86-54-58-90(99)110-86)103-75-35-19-33-73(61-75)74-34-20-36-76(62-74)104-102(114)72-43-39-70(40-44-72)100-91-59-55-87(111-91)97(67-29-15-5-16-30-67)83-51-47-79(107-83)94(64-23-9-2-10-24-64)80-48-52-84(108-80)98(68-31-17-6-18-32-68)88-56-60-92(100)112-88/h1-62,105,107,110,112H,(H,103,113)(H,104,114). The molecular weight excluding hydrogens is 1400 g/mol. The van der Waals surface area contributed by atoms with Gasteiger partial charge in [0.15, 0.2) is 0 Å². The monoisotopic (exact) mass is 1460 g/mol. The predicted octanol–water partition coefficient (Wildman–Crippen LogP) is 25.1. The van der Waals surface area contributed by atoms with Crippen LogP contribution in [-0.4, -0.2) is 51.7 Å². The number of H-pyrrole nitrogens is 4. The number of hydrogen-bond donors (Lipinski definition) is 6. The van der Waals surface area contributed by atoms with Crippen molar-refractivity contribution < 1.29 is 9.59 Å². The van der Waals surface area contributed by atoms with Crippen molar-refractivity contribution >= 4 is 116 Å². The van der Waals surface area contributed by atoms with E-state index in [4.69, 9.17) is 19.9 Å². The Morgan fingerprint density at radius 1 is 0.193 bits per heavy atom. The highest BCUT2D eigenvalue weighted by Gasteiger charge is 2.24. The van der Waals surface area contributed by atoms with Crippen LogP contribution in [0.15, 0.2) is 328 Å². The van der Waals surface area contributed by atoms with Crippen molar-refractivity contribution in [1.29, 1.82) is 0 Å². The van der Waals surface area contributed by atoms with Crippen molar-refractivity contribution in [2.45, 2.75) is 0 Å². The maximum Gasteiger partial charge on any atom is 0.255 e. The van der Waals surface area contributed by atoms with E-state index in [0.29, 0.717) is 22.5 Å². The quantitative estimate of drug-likeness (QED) is 0.0670. The van der Waals surface area contributed by atoms with Gasteiger partial charge in [0.05, 0.1) is 45.6 Å². The van der Waals surface area contributed by atoms with Crippen molar-refractivity contribution in [2.24, 2.45) is 0 Å². The number of aromatic nitrogens is 8. The summed E-state index contributed by atoms with van der Waals surface area (Å²) in [6.45, 7) is 0. The van der Waals surface area contributed by atoms with Crippen molar-refractivity contribution in [1.82, 2.24) is 39.9 Å². The van der Waals surface area contributed by atoms with E-state index in [1.54, 1.807) is 0 Å². The maximum absolute atomic E-state index is 14.4. The molecular formula is C102H68N10O2. The van der Waals surface area contributed by atoms with Crippen molar-refractivity contribution in [2.75, 3.05) is 10.6 Å². The molecule has 0 unspecified atom stereocenters. The largest absolute Gasteiger partial charge is 0.354 e. The molecule has 0 fully saturated rings. The van der Waals surface area contributed by atoms with Gasteiger partial charge in [-0.15, -0.1) is 0 Å². The van der Waals surface area contributed by atoms with Crippen LogP contribution < -0.4 is 10.6 Å². The van der Waals surface area contributed by atoms with E-state index in [2.05, 4.69) is 273 Å². The summed E-state index contributed by atoms with van der Waals surface area (Å²) in [6, 6.07) is 110. The Labute approximate surface area is 656 Å². The van der Waals surface area contributed by atoms with Crippen LogP contribution in [0.2, 0.25) is 0 Å². The van der Waals surface area contributed by atoms with Crippen LogP contribution in [0, 0.1) is 0 Å². The maximum atomic E-state index is 14.4. The lowest BCUT2D eigenvalue weighted by atomic mass is 10.0. The molecule has 6 N–H and O–H groups in total. The van der Waals surface area contributed by atoms with Gasteiger partial charge in [0.1, 0.15) is 0 Å². The molecule has 12 nitrogen and oxygen atoms in total. The zero-order valence-electron chi connectivity index (χ0n) is 61.4. The molecule has 2 amide bonds. The minimum Gasteiger partial charge on any atom is -0.354 e. The Morgan fingerprint density at radius 3 is 0.579 bits per heavy atom. The zero-order chi connectivity index (χ0) is 76.0. The predicted molar refractivity (Wildman–Crippen MR) is 469 cm³/mol. The number of anilines is 2. The van der Waals surface area contributed by atoms with Gasteiger partial charge in [0.2, 0.25) is 0 Å². The molecule has 16 bridgehead atoms. The summed E-state index contributed by atoms with van der Waals surface area (Å²) in [7, 11) is 0. The Kier molecular flexibility index (Phi) is 17.2. The fourth-order valence-corrected chi connectivity index (χ4v) is 16.0. The van der Waals surface area contributed by atoms with Crippen molar-refractivity contribution in [3.63, 3.8) is 0 Å². The van der Waals surface area contributed by atoms with Crippen molar-refractivity contribution in [3.8, 4) is 100 Å². The van der Waals surface area contributed by atoms with Crippen LogP contribution >= 0.6 is 0 Å². The van der Waals surface area contributed by atoms with E-state index in [0.717, 1.165) is 190 Å². The van der Waals surface area contributed by atoms with Gasteiger partial charge in [-0.05, 0) is 201 Å². The van der Waals surface area contributed by atoms with Crippen LogP contribution in [0.4, 0.5) is 11.4 Å². The normalized spacial score (nSPS) is 12.0. The second-order valence-corrected chi connectivity index (χ2v) is 28.4. The third kappa shape index (κ3) is 12.9. The molecule has 0 atom stereocenters. The van der Waals surface area contributed by atoms with Gasteiger partial charge >= 0.3 is 0 Å². The first-order valence-electron chi connectivity index (χ1n) is 38.0. The number of hydrogen-bond acceptors (Lipinski definition) is 6. The average molecular weight is 1470 g/mol. The number of rotatable bonds is 13. The topological polar surface area (TPSA) is 173 Å². The third-order valence-electron chi connectivity index (χ3n) is 21.3. The molecule has 0 aliphatic carbocycles. The molecule has 4 aliphatic heterocycles. The first-order chi connectivity index (χ1) is 56.3. The number of aromatic amines is 4. The number of nitrogens with zero attached hydrogens (tertiary/aromatic N) is 4. The Balaban J connectivity index is 0.603. The highest BCUT2D eigenvalue weighted by molar-refractivity contribution is 6.08. The summed E-state index contributed by atoms with van der Waals surface area (Å²) in [5.74, 6) is -0.545. The lowest BCUT2D eigenvalue weighted by molar-refractivity contribution is 0.101. The highest BCUT2D eigenvalue weighted by Crippen LogP contribution is 2.43. The molecule has 538 valence electrons. The average Bonchev–Trinajstić information content (AvgIpc) is 1.60. The van der Waals surface area contributed by atoms with E-state index >= 15 is 0 Å². The smallest absolute Gasteiger partial charge is 0.255 e. The Hall–Kier alpha value is -15.7. The fourth-order valence-electron chi connectivity index (χ4n) is 16.0. The lowest BCUT2D eigenvalue weighted by Crippen LogP contribution is -2.12. The number of amides is 2. The van der Waals surface area contributed by atoms with Gasteiger partial charge in [-0.3, -0.25) is 9.59 Å². The molecule has 4 aliphatic rings. The molecule has 0 spiro atoms. The van der Waals surface area contributed by atoms with Gasteiger partial charge in [-0.2, -0.15) is 0 Å². The first kappa shape index (κ1) is 67.7. The molecule has 0 radical (unpaired) electrons. The number of carbonyl (C=O) groups is 2. The summed E-state index contributed by atoms with van der Waals surface area (Å²) in [5.41, 5.74) is 32.9. The van der Waals surface area contributed by atoms with Gasteiger partial charge in [-0.25, -0.2) is 19.9 Å². The Bertz CT molecular complexity index is 6520. The molecule has 10 heterocycles. The van der Waals surface area contributed by atoms with Crippen LogP contribution in [-0.2, 0) is 0 Å².